The number of nitrogens with one attached hydrogen (secondary N) is 1. The number of hydrogen-bond donors (Lipinski definition) is 2. The Hall–Kier alpha value is -3.08. The number of carboxylic acid groups (broad SMARTS) is 1. The van der Waals surface area contributed by atoms with Crippen molar-refractivity contribution in [1.29, 1.82) is 0 Å². The third-order valence-corrected chi connectivity index (χ3v) is 4.60. The fourth-order valence-corrected chi connectivity index (χ4v) is 3.39. The van der Waals surface area contributed by atoms with Gasteiger partial charge >= 0.3 is 12.0 Å². The standard InChI is InChI=1S/C19H15IN2O6/c1-27-15-9-11(7-13(20)17(15)28-10-16(23)24)8-14-18(25)22(19(26)21-14)12-5-3-2-4-6-12/h2-9H,10H2,1H3,(H,21,26)(H,23,24)/b14-8+. The van der Waals surface area contributed by atoms with E-state index in [-0.39, 0.29) is 5.70 Å². The molecule has 9 heteroatoms. The maximum Gasteiger partial charge on any atom is 0.341 e. The number of carbonyl (C=O) groups is 3. The molecule has 0 aromatic heterocycles. The zero-order valence-corrected chi connectivity index (χ0v) is 16.8. The van der Waals surface area contributed by atoms with E-state index in [0.717, 1.165) is 4.90 Å². The highest BCUT2D eigenvalue weighted by atomic mass is 127. The Bertz CT molecular complexity index is 974. The summed E-state index contributed by atoms with van der Waals surface area (Å²) < 4.78 is 11.1. The van der Waals surface area contributed by atoms with Gasteiger partial charge in [-0.05, 0) is 58.5 Å². The first-order valence-corrected chi connectivity index (χ1v) is 9.13. The molecule has 0 atom stereocenters. The molecule has 2 aromatic carbocycles. The van der Waals surface area contributed by atoms with Crippen molar-refractivity contribution in [3.63, 3.8) is 0 Å². The van der Waals surface area contributed by atoms with Crippen LogP contribution >= 0.6 is 22.6 Å². The Kier molecular flexibility index (Phi) is 5.83. The van der Waals surface area contributed by atoms with E-state index in [0.29, 0.717) is 26.3 Å². The van der Waals surface area contributed by atoms with Crippen LogP contribution in [0.25, 0.3) is 6.08 Å². The lowest BCUT2D eigenvalue weighted by Gasteiger charge is -2.12. The van der Waals surface area contributed by atoms with Crippen LogP contribution < -0.4 is 19.7 Å². The number of para-hydroxylation sites is 1. The Balaban J connectivity index is 1.91. The van der Waals surface area contributed by atoms with E-state index in [2.05, 4.69) is 5.32 Å². The molecule has 0 bridgehead atoms. The number of nitrogens with zero attached hydrogens (tertiary/aromatic N) is 1. The van der Waals surface area contributed by atoms with Gasteiger partial charge in [0.2, 0.25) is 0 Å². The predicted octanol–water partition coefficient (Wildman–Crippen LogP) is 2.86. The highest BCUT2D eigenvalue weighted by molar-refractivity contribution is 14.1. The van der Waals surface area contributed by atoms with Gasteiger partial charge in [-0.1, -0.05) is 18.2 Å². The molecule has 3 amide bonds. The predicted molar refractivity (Wildman–Crippen MR) is 109 cm³/mol. The van der Waals surface area contributed by atoms with Crippen LogP contribution in [0.1, 0.15) is 5.56 Å². The van der Waals surface area contributed by atoms with Crippen molar-refractivity contribution in [3.05, 3.63) is 57.3 Å². The number of carboxylic acids is 1. The monoisotopic (exact) mass is 494 g/mol. The van der Waals surface area contributed by atoms with Gasteiger partial charge in [-0.3, -0.25) is 4.79 Å². The van der Waals surface area contributed by atoms with Gasteiger partial charge in [0.25, 0.3) is 5.91 Å². The first kappa shape index (κ1) is 19.7. The number of hydrogen-bond acceptors (Lipinski definition) is 5. The Morgan fingerprint density at radius 3 is 2.61 bits per heavy atom. The fraction of sp³-hybridized carbons (Fsp3) is 0.105. The lowest BCUT2D eigenvalue weighted by atomic mass is 10.1. The van der Waals surface area contributed by atoms with Crippen molar-refractivity contribution in [3.8, 4) is 11.5 Å². The maximum atomic E-state index is 12.7. The summed E-state index contributed by atoms with van der Waals surface area (Å²) >= 11 is 1.98. The highest BCUT2D eigenvalue weighted by Crippen LogP contribution is 2.35. The average molecular weight is 494 g/mol. The number of halogens is 1. The van der Waals surface area contributed by atoms with Gasteiger partial charge in [0.15, 0.2) is 18.1 Å². The van der Waals surface area contributed by atoms with E-state index in [9.17, 15) is 14.4 Å². The summed E-state index contributed by atoms with van der Waals surface area (Å²) in [6, 6.07) is 11.4. The Morgan fingerprint density at radius 2 is 1.96 bits per heavy atom. The molecule has 0 aliphatic carbocycles. The highest BCUT2D eigenvalue weighted by Gasteiger charge is 2.34. The SMILES string of the molecule is COc1cc(/C=C2/NC(=O)N(c3ccccc3)C2=O)cc(I)c1OCC(=O)O. The molecule has 144 valence electrons. The summed E-state index contributed by atoms with van der Waals surface area (Å²) in [7, 11) is 1.43. The van der Waals surface area contributed by atoms with Gasteiger partial charge in [-0.2, -0.15) is 0 Å². The first-order valence-electron chi connectivity index (χ1n) is 8.05. The number of methoxy groups -OCH3 is 1. The third-order valence-electron chi connectivity index (χ3n) is 3.80. The number of benzene rings is 2. The van der Waals surface area contributed by atoms with Crippen LogP contribution in [-0.4, -0.2) is 36.7 Å². The smallest absolute Gasteiger partial charge is 0.341 e. The molecule has 2 N–H and O–H groups in total. The number of aliphatic carboxylic acids is 1. The van der Waals surface area contributed by atoms with Crippen molar-refractivity contribution in [2.24, 2.45) is 0 Å². The lowest BCUT2D eigenvalue weighted by Crippen LogP contribution is -2.30. The summed E-state index contributed by atoms with van der Waals surface area (Å²) in [4.78, 5) is 36.7. The molecule has 2 aromatic rings. The first-order chi connectivity index (χ1) is 13.4. The van der Waals surface area contributed by atoms with E-state index in [1.165, 1.54) is 13.2 Å². The van der Waals surface area contributed by atoms with Gasteiger partial charge in [0.05, 0.1) is 16.4 Å². The molecule has 3 rings (SSSR count). The Labute approximate surface area is 173 Å². The van der Waals surface area contributed by atoms with Crippen molar-refractivity contribution in [2.75, 3.05) is 18.6 Å². The topological polar surface area (TPSA) is 105 Å². The number of anilines is 1. The molecule has 1 aliphatic heterocycles. The number of ether oxygens (including phenoxy) is 2. The second-order valence-corrected chi connectivity index (χ2v) is 6.84. The number of urea groups is 1. The minimum Gasteiger partial charge on any atom is -0.493 e. The van der Waals surface area contributed by atoms with E-state index < -0.39 is 24.5 Å². The van der Waals surface area contributed by atoms with Crippen molar-refractivity contribution in [1.82, 2.24) is 5.32 Å². The summed E-state index contributed by atoms with van der Waals surface area (Å²) in [6.07, 6.45) is 1.52. The van der Waals surface area contributed by atoms with Crippen LogP contribution in [0, 0.1) is 3.57 Å². The lowest BCUT2D eigenvalue weighted by molar-refractivity contribution is -0.139. The minimum absolute atomic E-state index is 0.117. The van der Waals surface area contributed by atoms with Crippen molar-refractivity contribution >= 4 is 52.3 Å². The van der Waals surface area contributed by atoms with Gasteiger partial charge in [-0.15, -0.1) is 0 Å². The van der Waals surface area contributed by atoms with Crippen LogP contribution in [0.3, 0.4) is 0 Å². The van der Waals surface area contributed by atoms with Crippen molar-refractivity contribution in [2.45, 2.75) is 0 Å². The molecule has 0 spiro atoms. The van der Waals surface area contributed by atoms with Crippen molar-refractivity contribution < 1.29 is 29.0 Å². The van der Waals surface area contributed by atoms with Gasteiger partial charge < -0.3 is 19.9 Å². The summed E-state index contributed by atoms with van der Waals surface area (Å²) in [5.41, 5.74) is 1.17. The quantitative estimate of drug-likeness (QED) is 0.364. The number of amides is 3. The van der Waals surface area contributed by atoms with E-state index >= 15 is 0 Å². The molecule has 8 nitrogen and oxygen atoms in total. The maximum absolute atomic E-state index is 12.7. The molecule has 28 heavy (non-hydrogen) atoms. The fourth-order valence-electron chi connectivity index (χ4n) is 2.61. The molecular weight excluding hydrogens is 479 g/mol. The number of carbonyl (C=O) groups excluding carboxylic acids is 2. The third kappa shape index (κ3) is 4.09. The molecule has 0 radical (unpaired) electrons. The van der Waals surface area contributed by atoms with E-state index in [1.807, 2.05) is 22.6 Å². The van der Waals surface area contributed by atoms with E-state index in [4.69, 9.17) is 14.6 Å². The number of rotatable bonds is 6. The Morgan fingerprint density at radius 1 is 1.25 bits per heavy atom. The molecular formula is C19H15IN2O6. The van der Waals surface area contributed by atoms with Crippen LogP contribution in [0.15, 0.2) is 48.2 Å². The average Bonchev–Trinajstić information content (AvgIpc) is 2.94. The van der Waals surface area contributed by atoms with Crippen LogP contribution in [0.5, 0.6) is 11.5 Å². The minimum atomic E-state index is -1.11. The number of imide groups is 1. The molecule has 1 heterocycles. The van der Waals surface area contributed by atoms with E-state index in [1.54, 1.807) is 42.5 Å². The molecule has 0 unspecified atom stereocenters. The molecule has 1 saturated heterocycles. The molecule has 1 fully saturated rings. The summed E-state index contributed by atoms with van der Waals surface area (Å²) in [5.74, 6) is -0.974. The molecule has 0 saturated carbocycles. The summed E-state index contributed by atoms with van der Waals surface area (Å²) in [6.45, 7) is -0.507. The second kappa shape index (κ2) is 8.30. The van der Waals surface area contributed by atoms with Crippen LogP contribution in [0.2, 0.25) is 0 Å². The second-order valence-electron chi connectivity index (χ2n) is 5.68. The summed E-state index contributed by atoms with van der Waals surface area (Å²) in [5, 5.41) is 11.3. The van der Waals surface area contributed by atoms with Gasteiger partial charge in [-0.25, -0.2) is 14.5 Å². The zero-order valence-electron chi connectivity index (χ0n) is 14.6. The van der Waals surface area contributed by atoms with Gasteiger partial charge in [0, 0.05) is 0 Å². The normalized spacial score (nSPS) is 14.9. The van der Waals surface area contributed by atoms with Gasteiger partial charge in [0.1, 0.15) is 5.70 Å². The zero-order chi connectivity index (χ0) is 20.3. The largest absolute Gasteiger partial charge is 0.493 e. The van der Waals surface area contributed by atoms with Crippen LogP contribution in [-0.2, 0) is 9.59 Å². The van der Waals surface area contributed by atoms with Crippen LogP contribution in [0.4, 0.5) is 10.5 Å². The molecule has 1 aliphatic rings.